The highest BCUT2D eigenvalue weighted by Gasteiger charge is 2.27. The molecule has 27 heavy (non-hydrogen) atoms. The van der Waals surface area contributed by atoms with E-state index >= 15 is 0 Å². The Morgan fingerprint density at radius 2 is 2.07 bits per heavy atom. The fourth-order valence-corrected chi connectivity index (χ4v) is 3.67. The molecule has 0 spiro atoms. The Morgan fingerprint density at radius 3 is 2.85 bits per heavy atom. The number of anilines is 1. The fourth-order valence-electron chi connectivity index (χ4n) is 3.67. The van der Waals surface area contributed by atoms with Crippen LogP contribution in [0, 0.1) is 0 Å². The van der Waals surface area contributed by atoms with Gasteiger partial charge in [0.15, 0.2) is 0 Å². The predicted molar refractivity (Wildman–Crippen MR) is 100 cm³/mol. The highest BCUT2D eigenvalue weighted by molar-refractivity contribution is 5.96. The lowest BCUT2D eigenvalue weighted by Crippen LogP contribution is -2.30. The van der Waals surface area contributed by atoms with Crippen LogP contribution in [0.1, 0.15) is 18.4 Å². The first kappa shape index (κ1) is 17.3. The maximum Gasteiger partial charge on any atom is 0.407 e. The second-order valence-corrected chi connectivity index (χ2v) is 6.96. The van der Waals surface area contributed by atoms with Crippen LogP contribution < -0.4 is 9.64 Å². The van der Waals surface area contributed by atoms with Gasteiger partial charge < -0.3 is 19.6 Å². The Labute approximate surface area is 157 Å². The lowest BCUT2D eigenvalue weighted by atomic mass is 9.97. The summed E-state index contributed by atoms with van der Waals surface area (Å²) in [6.07, 6.45) is 4.31. The highest BCUT2D eigenvalue weighted by Crippen LogP contribution is 2.32. The largest absolute Gasteiger partial charge is 0.487 e. The number of aromatic nitrogens is 1. The van der Waals surface area contributed by atoms with Gasteiger partial charge in [0.2, 0.25) is 5.91 Å². The Balaban J connectivity index is 1.53. The predicted octanol–water partition coefficient (Wildman–Crippen LogP) is 2.79. The van der Waals surface area contributed by atoms with Crippen LogP contribution in [0.4, 0.5) is 10.5 Å². The van der Waals surface area contributed by atoms with E-state index in [0.717, 1.165) is 28.8 Å². The molecule has 2 aliphatic heterocycles. The van der Waals surface area contributed by atoms with Gasteiger partial charge in [-0.1, -0.05) is 6.07 Å². The first-order valence-electron chi connectivity index (χ1n) is 9.00. The van der Waals surface area contributed by atoms with Crippen molar-refractivity contribution in [1.82, 2.24) is 9.88 Å². The fraction of sp³-hybridized carbons (Fsp3) is 0.350. The van der Waals surface area contributed by atoms with Crippen molar-refractivity contribution in [2.75, 3.05) is 25.0 Å². The minimum atomic E-state index is -0.912. The third kappa shape index (κ3) is 3.45. The molecule has 7 nitrogen and oxygen atoms in total. The summed E-state index contributed by atoms with van der Waals surface area (Å²) in [4.78, 5) is 30.2. The molecule has 2 aromatic rings. The summed E-state index contributed by atoms with van der Waals surface area (Å²) < 4.78 is 5.94. The minimum absolute atomic E-state index is 0.138. The number of fused-ring (bicyclic) bond motifs is 1. The molecule has 3 heterocycles. The zero-order valence-electron chi connectivity index (χ0n) is 15.1. The van der Waals surface area contributed by atoms with Gasteiger partial charge in [0.25, 0.3) is 0 Å². The smallest absolute Gasteiger partial charge is 0.407 e. The number of benzene rings is 1. The van der Waals surface area contributed by atoms with Gasteiger partial charge in [-0.25, -0.2) is 4.79 Å². The number of amides is 2. The van der Waals surface area contributed by atoms with E-state index in [1.807, 2.05) is 18.2 Å². The average Bonchev–Trinajstić information content (AvgIpc) is 3.13. The number of ether oxygens (including phenoxy) is 1. The molecule has 0 radical (unpaired) electrons. The van der Waals surface area contributed by atoms with Crippen molar-refractivity contribution in [2.45, 2.75) is 25.4 Å². The van der Waals surface area contributed by atoms with Crippen LogP contribution in [0.5, 0.6) is 5.75 Å². The molecule has 1 saturated heterocycles. The Morgan fingerprint density at radius 1 is 1.22 bits per heavy atom. The quantitative estimate of drug-likeness (QED) is 0.902. The molecule has 1 N–H and O–H groups in total. The zero-order valence-corrected chi connectivity index (χ0v) is 15.1. The molecule has 4 rings (SSSR count). The normalized spacial score (nSPS) is 19.1. The molecule has 0 unspecified atom stereocenters. The average molecular weight is 367 g/mol. The van der Waals surface area contributed by atoms with Gasteiger partial charge in [-0.2, -0.15) is 0 Å². The van der Waals surface area contributed by atoms with Crippen LogP contribution in [0.2, 0.25) is 0 Å². The van der Waals surface area contributed by atoms with Gasteiger partial charge in [0.1, 0.15) is 11.9 Å². The summed E-state index contributed by atoms with van der Waals surface area (Å²) in [5.41, 5.74) is 4.06. The molecule has 1 aromatic heterocycles. The van der Waals surface area contributed by atoms with E-state index in [0.29, 0.717) is 31.7 Å². The summed E-state index contributed by atoms with van der Waals surface area (Å²) in [7, 11) is 1.80. The van der Waals surface area contributed by atoms with Gasteiger partial charge in [-0.05, 0) is 35.7 Å². The lowest BCUT2D eigenvalue weighted by molar-refractivity contribution is -0.118. The van der Waals surface area contributed by atoms with E-state index in [1.54, 1.807) is 24.3 Å². The standard InChI is InChI=1S/C20H21N3O4/c1-22-18-4-2-13(8-14(18)3-5-19(22)24)15-9-17(11-21-10-15)27-16-6-7-23(12-16)20(25)26/h2,4,8-11,16H,3,5-7,12H2,1H3,(H,25,26)/t16-/m1/s1. The monoisotopic (exact) mass is 367 g/mol. The van der Waals surface area contributed by atoms with E-state index in [4.69, 9.17) is 9.84 Å². The van der Waals surface area contributed by atoms with E-state index in [2.05, 4.69) is 11.1 Å². The topological polar surface area (TPSA) is 83.0 Å². The lowest BCUT2D eigenvalue weighted by Gasteiger charge is -2.26. The number of aryl methyl sites for hydroxylation is 1. The van der Waals surface area contributed by atoms with Crippen molar-refractivity contribution >= 4 is 17.7 Å². The first-order chi connectivity index (χ1) is 13.0. The van der Waals surface area contributed by atoms with E-state index in [9.17, 15) is 9.59 Å². The molecule has 0 aliphatic carbocycles. The van der Waals surface area contributed by atoms with Crippen molar-refractivity contribution in [1.29, 1.82) is 0 Å². The van der Waals surface area contributed by atoms with Crippen LogP contribution in [-0.4, -0.2) is 53.2 Å². The summed E-state index contributed by atoms with van der Waals surface area (Å²) in [6.45, 7) is 0.864. The molecule has 0 bridgehead atoms. The van der Waals surface area contributed by atoms with Crippen molar-refractivity contribution < 1.29 is 19.4 Å². The molecular weight excluding hydrogens is 346 g/mol. The number of nitrogens with zero attached hydrogens (tertiary/aromatic N) is 3. The van der Waals surface area contributed by atoms with Crippen molar-refractivity contribution in [3.8, 4) is 16.9 Å². The van der Waals surface area contributed by atoms with Crippen molar-refractivity contribution in [2.24, 2.45) is 0 Å². The van der Waals surface area contributed by atoms with E-state index < -0.39 is 6.09 Å². The molecule has 2 amide bonds. The molecule has 1 atom stereocenters. The number of hydrogen-bond donors (Lipinski definition) is 1. The third-order valence-electron chi connectivity index (χ3n) is 5.19. The molecule has 140 valence electrons. The first-order valence-corrected chi connectivity index (χ1v) is 9.00. The molecule has 7 heteroatoms. The van der Waals surface area contributed by atoms with Crippen molar-refractivity contribution in [3.05, 3.63) is 42.2 Å². The summed E-state index contributed by atoms with van der Waals surface area (Å²) in [5, 5.41) is 9.06. The Kier molecular flexibility index (Phi) is 4.43. The third-order valence-corrected chi connectivity index (χ3v) is 5.19. The molecule has 1 aromatic carbocycles. The number of carbonyl (C=O) groups is 2. The second-order valence-electron chi connectivity index (χ2n) is 6.96. The van der Waals surface area contributed by atoms with Crippen LogP contribution >= 0.6 is 0 Å². The molecule has 0 saturated carbocycles. The van der Waals surface area contributed by atoms with Crippen LogP contribution in [0.15, 0.2) is 36.7 Å². The van der Waals surface area contributed by atoms with Crippen LogP contribution in [0.25, 0.3) is 11.1 Å². The number of carboxylic acid groups (broad SMARTS) is 1. The van der Waals surface area contributed by atoms with Crippen LogP contribution in [0.3, 0.4) is 0 Å². The van der Waals surface area contributed by atoms with E-state index in [-0.39, 0.29) is 12.0 Å². The summed E-state index contributed by atoms with van der Waals surface area (Å²) in [5.74, 6) is 0.772. The number of pyridine rings is 1. The van der Waals surface area contributed by atoms with Gasteiger partial charge in [0, 0.05) is 43.9 Å². The van der Waals surface area contributed by atoms with Gasteiger partial charge >= 0.3 is 6.09 Å². The van der Waals surface area contributed by atoms with Gasteiger partial charge in [0.05, 0.1) is 12.7 Å². The zero-order chi connectivity index (χ0) is 19.0. The highest BCUT2D eigenvalue weighted by atomic mass is 16.5. The molecular formula is C20H21N3O4. The summed E-state index contributed by atoms with van der Waals surface area (Å²) in [6, 6.07) is 7.98. The number of hydrogen-bond acceptors (Lipinski definition) is 4. The number of likely N-dealkylation sites (tertiary alicyclic amines) is 1. The minimum Gasteiger partial charge on any atom is -0.487 e. The molecule has 2 aliphatic rings. The van der Waals surface area contributed by atoms with Gasteiger partial charge in [-0.3, -0.25) is 9.78 Å². The number of carbonyl (C=O) groups excluding carboxylic acids is 1. The maximum absolute atomic E-state index is 11.8. The second kappa shape index (κ2) is 6.90. The van der Waals surface area contributed by atoms with E-state index in [1.165, 1.54) is 4.90 Å². The van der Waals surface area contributed by atoms with Crippen LogP contribution in [-0.2, 0) is 11.2 Å². The SMILES string of the molecule is CN1C(=O)CCc2cc(-c3cncc(O[C@@H]4CCN(C(=O)O)C4)c3)ccc21. The maximum atomic E-state index is 11.8. The number of rotatable bonds is 3. The van der Waals surface area contributed by atoms with Crippen molar-refractivity contribution in [3.63, 3.8) is 0 Å². The van der Waals surface area contributed by atoms with Gasteiger partial charge in [-0.15, -0.1) is 0 Å². The molecule has 1 fully saturated rings. The Hall–Kier alpha value is -3.09. The summed E-state index contributed by atoms with van der Waals surface area (Å²) >= 11 is 0. The Bertz CT molecular complexity index is 899.